The fourth-order valence-corrected chi connectivity index (χ4v) is 5.63. The van der Waals surface area contributed by atoms with Gasteiger partial charge < -0.3 is 9.84 Å². The Bertz CT molecular complexity index is 1210. The largest absolute Gasteiger partial charge is 0.356 e. The molecule has 1 aliphatic carbocycles. The van der Waals surface area contributed by atoms with Gasteiger partial charge in [-0.1, -0.05) is 41.6 Å². The van der Waals surface area contributed by atoms with Crippen LogP contribution in [0.3, 0.4) is 0 Å². The number of benzene rings is 2. The van der Waals surface area contributed by atoms with Crippen LogP contribution < -0.4 is 5.32 Å². The standard InChI is InChI=1S/C24H26N2O4S/c1-16-10-11-19(22-14-17(2)26-30-22)15-23(16)31(28,29)13-12-24(27)25-21-9-5-7-18-6-3-4-8-20(18)21/h3-4,6,8,10-11,14-15,21H,5,7,9,12-13H2,1-2H3,(H,25,27)/t21-/m1/s1. The third-order valence-electron chi connectivity index (χ3n) is 5.74. The molecule has 162 valence electrons. The van der Waals surface area contributed by atoms with E-state index < -0.39 is 9.84 Å². The molecule has 1 N–H and O–H groups in total. The third-order valence-corrected chi connectivity index (χ3v) is 7.59. The van der Waals surface area contributed by atoms with Crippen molar-refractivity contribution in [3.05, 3.63) is 70.9 Å². The van der Waals surface area contributed by atoms with Gasteiger partial charge in [0, 0.05) is 18.1 Å². The maximum Gasteiger partial charge on any atom is 0.221 e. The Balaban J connectivity index is 1.46. The second kappa shape index (κ2) is 8.67. The van der Waals surface area contributed by atoms with Gasteiger partial charge in [-0.3, -0.25) is 4.79 Å². The Morgan fingerprint density at radius 3 is 2.74 bits per heavy atom. The van der Waals surface area contributed by atoms with Crippen LogP contribution in [-0.2, 0) is 21.1 Å². The highest BCUT2D eigenvalue weighted by Crippen LogP contribution is 2.30. The van der Waals surface area contributed by atoms with Gasteiger partial charge in [-0.15, -0.1) is 0 Å². The lowest BCUT2D eigenvalue weighted by Crippen LogP contribution is -2.32. The lowest BCUT2D eigenvalue weighted by atomic mass is 9.88. The number of nitrogens with zero attached hydrogens (tertiary/aromatic N) is 1. The van der Waals surface area contributed by atoms with Crippen molar-refractivity contribution in [3.8, 4) is 11.3 Å². The highest BCUT2D eigenvalue weighted by Gasteiger charge is 2.24. The molecule has 1 atom stereocenters. The van der Waals surface area contributed by atoms with Crippen molar-refractivity contribution < 1.29 is 17.7 Å². The summed E-state index contributed by atoms with van der Waals surface area (Å²) in [7, 11) is -3.63. The molecule has 0 radical (unpaired) electrons. The van der Waals surface area contributed by atoms with Crippen molar-refractivity contribution in [2.24, 2.45) is 0 Å². The normalized spacial score (nSPS) is 16.0. The van der Waals surface area contributed by atoms with E-state index in [2.05, 4.69) is 16.5 Å². The van der Waals surface area contributed by atoms with Gasteiger partial charge in [0.25, 0.3) is 0 Å². The van der Waals surface area contributed by atoms with Crippen LogP contribution in [0.5, 0.6) is 0 Å². The summed E-state index contributed by atoms with van der Waals surface area (Å²) in [5, 5.41) is 6.89. The number of sulfone groups is 1. The first-order valence-corrected chi connectivity index (χ1v) is 12.1. The maximum absolute atomic E-state index is 13.0. The first-order chi connectivity index (χ1) is 14.8. The second-order valence-electron chi connectivity index (χ2n) is 8.09. The summed E-state index contributed by atoms with van der Waals surface area (Å²) in [6.07, 6.45) is 2.81. The summed E-state index contributed by atoms with van der Waals surface area (Å²) < 4.78 is 31.3. The summed E-state index contributed by atoms with van der Waals surface area (Å²) in [6, 6.07) is 15.0. The molecule has 0 aliphatic heterocycles. The van der Waals surface area contributed by atoms with E-state index in [4.69, 9.17) is 4.52 Å². The zero-order valence-corrected chi connectivity index (χ0v) is 18.5. The average molecular weight is 439 g/mol. The van der Waals surface area contributed by atoms with Crippen molar-refractivity contribution in [3.63, 3.8) is 0 Å². The van der Waals surface area contributed by atoms with Gasteiger partial charge in [-0.05, 0) is 55.9 Å². The number of nitrogens with one attached hydrogen (secondary N) is 1. The number of hydrogen-bond donors (Lipinski definition) is 1. The third kappa shape index (κ3) is 4.71. The van der Waals surface area contributed by atoms with Crippen LogP contribution in [0.15, 0.2) is 57.9 Å². The Labute approximate surface area is 182 Å². The Morgan fingerprint density at radius 2 is 1.97 bits per heavy atom. The van der Waals surface area contributed by atoms with E-state index >= 15 is 0 Å². The number of aryl methyl sites for hydroxylation is 3. The van der Waals surface area contributed by atoms with E-state index in [0.29, 0.717) is 16.9 Å². The van der Waals surface area contributed by atoms with E-state index in [-0.39, 0.29) is 29.0 Å². The molecule has 1 aliphatic rings. The van der Waals surface area contributed by atoms with Gasteiger partial charge in [0.1, 0.15) is 0 Å². The fraction of sp³-hybridized carbons (Fsp3) is 0.333. The minimum absolute atomic E-state index is 0.0556. The van der Waals surface area contributed by atoms with Gasteiger partial charge in [-0.25, -0.2) is 8.42 Å². The molecule has 0 unspecified atom stereocenters. The van der Waals surface area contributed by atoms with Crippen LogP contribution in [0.2, 0.25) is 0 Å². The highest BCUT2D eigenvalue weighted by atomic mass is 32.2. The molecule has 1 amide bonds. The maximum atomic E-state index is 13.0. The first kappa shape index (κ1) is 21.3. The molecule has 0 saturated carbocycles. The van der Waals surface area contributed by atoms with Crippen LogP contribution in [0, 0.1) is 13.8 Å². The molecule has 0 bridgehead atoms. The molecule has 4 rings (SSSR count). The average Bonchev–Trinajstić information content (AvgIpc) is 3.19. The van der Waals surface area contributed by atoms with Crippen LogP contribution in [0.25, 0.3) is 11.3 Å². The van der Waals surface area contributed by atoms with Gasteiger partial charge in [0.2, 0.25) is 5.91 Å². The fourth-order valence-electron chi connectivity index (χ4n) is 4.10. The van der Waals surface area contributed by atoms with Crippen LogP contribution in [0.1, 0.15) is 47.7 Å². The molecule has 31 heavy (non-hydrogen) atoms. The van der Waals surface area contributed by atoms with Crippen LogP contribution >= 0.6 is 0 Å². The van der Waals surface area contributed by atoms with Gasteiger partial charge in [0.15, 0.2) is 15.6 Å². The molecule has 1 heterocycles. The van der Waals surface area contributed by atoms with E-state index in [1.807, 2.05) is 31.2 Å². The first-order valence-electron chi connectivity index (χ1n) is 10.5. The van der Waals surface area contributed by atoms with Gasteiger partial charge in [0.05, 0.1) is 22.4 Å². The zero-order valence-electron chi connectivity index (χ0n) is 17.7. The van der Waals surface area contributed by atoms with Crippen LogP contribution in [0.4, 0.5) is 0 Å². The zero-order chi connectivity index (χ0) is 22.0. The second-order valence-corrected chi connectivity index (χ2v) is 10.2. The Morgan fingerprint density at radius 1 is 1.16 bits per heavy atom. The monoisotopic (exact) mass is 438 g/mol. The molecular weight excluding hydrogens is 412 g/mol. The van der Waals surface area contributed by atoms with Crippen molar-refractivity contribution in [2.75, 3.05) is 5.75 Å². The highest BCUT2D eigenvalue weighted by molar-refractivity contribution is 7.91. The summed E-state index contributed by atoms with van der Waals surface area (Å²) in [4.78, 5) is 12.8. The van der Waals surface area contributed by atoms with Crippen molar-refractivity contribution in [2.45, 2.75) is 50.5 Å². The van der Waals surface area contributed by atoms with Crippen molar-refractivity contribution in [1.82, 2.24) is 10.5 Å². The number of rotatable bonds is 6. The predicted molar refractivity (Wildman–Crippen MR) is 118 cm³/mol. The van der Waals surface area contributed by atoms with Crippen LogP contribution in [-0.4, -0.2) is 25.2 Å². The summed E-state index contributed by atoms with van der Waals surface area (Å²) in [6.45, 7) is 3.56. The SMILES string of the molecule is Cc1cc(-c2ccc(C)c(S(=O)(=O)CCC(=O)N[C@@H]3CCCc4ccccc43)c2)on1. The summed E-state index contributed by atoms with van der Waals surface area (Å²) >= 11 is 0. The summed E-state index contributed by atoms with van der Waals surface area (Å²) in [5.74, 6) is 0.0278. The number of aromatic nitrogens is 1. The minimum Gasteiger partial charge on any atom is -0.356 e. The van der Waals surface area contributed by atoms with Crippen molar-refractivity contribution in [1.29, 1.82) is 0 Å². The number of amides is 1. The van der Waals surface area contributed by atoms with Gasteiger partial charge >= 0.3 is 0 Å². The molecule has 6 nitrogen and oxygen atoms in total. The van der Waals surface area contributed by atoms with E-state index in [1.54, 1.807) is 25.1 Å². The van der Waals surface area contributed by atoms with E-state index in [0.717, 1.165) is 30.5 Å². The lowest BCUT2D eigenvalue weighted by molar-refractivity contribution is -0.121. The van der Waals surface area contributed by atoms with E-state index in [9.17, 15) is 13.2 Å². The smallest absolute Gasteiger partial charge is 0.221 e. The van der Waals surface area contributed by atoms with Crippen molar-refractivity contribution >= 4 is 15.7 Å². The molecule has 2 aromatic carbocycles. The number of carbonyl (C=O) groups excluding carboxylic acids is 1. The molecule has 1 aromatic heterocycles. The molecular formula is C24H26N2O4S. The minimum atomic E-state index is -3.63. The molecule has 0 spiro atoms. The summed E-state index contributed by atoms with van der Waals surface area (Å²) in [5.41, 5.74) is 4.40. The van der Waals surface area contributed by atoms with Gasteiger partial charge in [-0.2, -0.15) is 0 Å². The molecule has 3 aromatic rings. The van der Waals surface area contributed by atoms with E-state index in [1.165, 1.54) is 5.56 Å². The Kier molecular flexibility index (Phi) is 5.96. The topological polar surface area (TPSA) is 89.3 Å². The Hall–Kier alpha value is -2.93. The number of carbonyl (C=O) groups is 1. The molecule has 0 fully saturated rings. The number of hydrogen-bond acceptors (Lipinski definition) is 5. The quantitative estimate of drug-likeness (QED) is 0.619. The lowest BCUT2D eigenvalue weighted by Gasteiger charge is -2.26. The predicted octanol–water partition coefficient (Wildman–Crippen LogP) is 4.32. The molecule has 7 heteroatoms. The molecule has 0 saturated heterocycles. The number of fused-ring (bicyclic) bond motifs is 1.